The van der Waals surface area contributed by atoms with Crippen LogP contribution in [0.2, 0.25) is 0 Å². The fraction of sp³-hybridized carbons (Fsp3) is 0.562. The number of aliphatic hydroxyl groups is 1. The molecule has 1 aromatic heterocycles. The normalized spacial score (nSPS) is 20.9. The number of carbonyl (C=O) groups is 1. The van der Waals surface area contributed by atoms with E-state index >= 15 is 0 Å². The Hall–Kier alpha value is -1.35. The molecular formula is C16H21NO3S. The number of aliphatic hydroxyl groups excluding tert-OH is 1. The molecule has 0 aliphatic carbocycles. The number of carbonyl (C=O) groups excluding carboxylic acids is 1. The summed E-state index contributed by atoms with van der Waals surface area (Å²) in [5.41, 5.74) is 0.946. The van der Waals surface area contributed by atoms with Gasteiger partial charge in [0, 0.05) is 29.3 Å². The number of nitrogens with zero attached hydrogens (tertiary/aromatic N) is 1. The molecule has 0 saturated carbocycles. The Morgan fingerprint density at radius 3 is 3.10 bits per heavy atom. The summed E-state index contributed by atoms with van der Waals surface area (Å²) in [6.07, 6.45) is 1.48. The molecule has 2 unspecified atom stereocenters. The van der Waals surface area contributed by atoms with Crippen molar-refractivity contribution in [3.8, 4) is 11.8 Å². The quantitative estimate of drug-likeness (QED) is 0.864. The van der Waals surface area contributed by atoms with Crippen LogP contribution in [-0.2, 0) is 16.1 Å². The maximum atomic E-state index is 12.3. The lowest BCUT2D eigenvalue weighted by atomic mass is 10.1. The van der Waals surface area contributed by atoms with Gasteiger partial charge in [0.15, 0.2) is 0 Å². The number of thiophene rings is 1. The lowest BCUT2D eigenvalue weighted by Crippen LogP contribution is -2.32. The third-order valence-electron chi connectivity index (χ3n) is 3.44. The van der Waals surface area contributed by atoms with Crippen molar-refractivity contribution in [3.05, 3.63) is 21.9 Å². The van der Waals surface area contributed by atoms with E-state index in [1.807, 2.05) is 25.4 Å². The molecular weight excluding hydrogens is 286 g/mol. The van der Waals surface area contributed by atoms with Crippen LogP contribution in [-0.4, -0.2) is 42.3 Å². The van der Waals surface area contributed by atoms with Gasteiger partial charge in [0.1, 0.15) is 0 Å². The summed E-state index contributed by atoms with van der Waals surface area (Å²) >= 11 is 1.61. The first kappa shape index (κ1) is 16.0. The van der Waals surface area contributed by atoms with Crippen LogP contribution in [0.4, 0.5) is 0 Å². The first-order valence-corrected chi connectivity index (χ1v) is 8.02. The SMILES string of the molecule is CC1CC(C(=O)N(C)Cc2cc(C#CCCO)cs2)CO1. The van der Waals surface area contributed by atoms with E-state index < -0.39 is 0 Å². The van der Waals surface area contributed by atoms with Crippen molar-refractivity contribution in [3.63, 3.8) is 0 Å². The topological polar surface area (TPSA) is 49.8 Å². The fourth-order valence-electron chi connectivity index (χ4n) is 2.36. The molecule has 1 N–H and O–H groups in total. The average Bonchev–Trinajstić information content (AvgIpc) is 3.07. The maximum absolute atomic E-state index is 12.3. The summed E-state index contributed by atoms with van der Waals surface area (Å²) in [6, 6.07) is 2.01. The molecule has 0 spiro atoms. The molecule has 0 bridgehead atoms. The van der Waals surface area contributed by atoms with Crippen LogP contribution in [0, 0.1) is 17.8 Å². The van der Waals surface area contributed by atoms with Crippen LogP contribution in [0.3, 0.4) is 0 Å². The van der Waals surface area contributed by atoms with Crippen molar-refractivity contribution < 1.29 is 14.6 Å². The molecule has 4 nitrogen and oxygen atoms in total. The summed E-state index contributed by atoms with van der Waals surface area (Å²) in [4.78, 5) is 15.2. The van der Waals surface area contributed by atoms with Crippen molar-refractivity contribution in [2.75, 3.05) is 20.3 Å². The number of amides is 1. The van der Waals surface area contributed by atoms with E-state index in [2.05, 4.69) is 11.8 Å². The highest BCUT2D eigenvalue weighted by atomic mass is 32.1. The molecule has 1 aliphatic rings. The third-order valence-corrected chi connectivity index (χ3v) is 4.36. The van der Waals surface area contributed by atoms with Crippen LogP contribution >= 0.6 is 11.3 Å². The number of rotatable bonds is 4. The van der Waals surface area contributed by atoms with Crippen LogP contribution in [0.15, 0.2) is 11.4 Å². The Labute approximate surface area is 129 Å². The second kappa shape index (κ2) is 7.60. The molecule has 2 rings (SSSR count). The monoisotopic (exact) mass is 307 g/mol. The minimum atomic E-state index is -0.00576. The molecule has 5 heteroatoms. The van der Waals surface area contributed by atoms with Crippen LogP contribution in [0.5, 0.6) is 0 Å². The van der Waals surface area contributed by atoms with Gasteiger partial charge in [-0.15, -0.1) is 11.3 Å². The Morgan fingerprint density at radius 1 is 1.62 bits per heavy atom. The molecule has 2 heterocycles. The van der Waals surface area contributed by atoms with Gasteiger partial charge in [-0.1, -0.05) is 11.8 Å². The summed E-state index contributed by atoms with van der Waals surface area (Å²) in [5.74, 6) is 6.05. The Balaban J connectivity index is 1.89. The molecule has 1 aliphatic heterocycles. The molecule has 21 heavy (non-hydrogen) atoms. The third kappa shape index (κ3) is 4.57. The highest BCUT2D eigenvalue weighted by Gasteiger charge is 2.30. The second-order valence-electron chi connectivity index (χ2n) is 5.35. The zero-order valence-electron chi connectivity index (χ0n) is 12.5. The molecule has 0 aromatic carbocycles. The highest BCUT2D eigenvalue weighted by molar-refractivity contribution is 7.10. The van der Waals surface area contributed by atoms with Gasteiger partial charge in [0.25, 0.3) is 0 Å². The number of ether oxygens (including phenoxy) is 1. The molecule has 0 radical (unpaired) electrons. The van der Waals surface area contributed by atoms with Gasteiger partial charge >= 0.3 is 0 Å². The van der Waals surface area contributed by atoms with Gasteiger partial charge in [0.05, 0.1) is 31.8 Å². The fourth-order valence-corrected chi connectivity index (χ4v) is 3.23. The lowest BCUT2D eigenvalue weighted by molar-refractivity contribution is -0.134. The van der Waals surface area contributed by atoms with Crippen molar-refractivity contribution >= 4 is 17.2 Å². The van der Waals surface area contributed by atoms with E-state index in [0.29, 0.717) is 19.6 Å². The number of hydrogen-bond donors (Lipinski definition) is 1. The Bertz CT molecular complexity index is 543. The maximum Gasteiger partial charge on any atom is 0.228 e. The summed E-state index contributed by atoms with van der Waals surface area (Å²) < 4.78 is 5.46. The smallest absolute Gasteiger partial charge is 0.228 e. The predicted molar refractivity (Wildman–Crippen MR) is 82.9 cm³/mol. The summed E-state index contributed by atoms with van der Waals surface area (Å²) in [6.45, 7) is 3.23. The first-order chi connectivity index (χ1) is 10.1. The van der Waals surface area contributed by atoms with Gasteiger partial charge in [-0.05, 0) is 19.4 Å². The van der Waals surface area contributed by atoms with Gasteiger partial charge < -0.3 is 14.7 Å². The standard InChI is InChI=1S/C16H21NO3S/c1-12-7-14(10-20-12)16(19)17(2)9-15-8-13(11-21-15)5-3-4-6-18/h8,11-12,14,18H,4,6-7,9-10H2,1-2H3. The van der Waals surface area contributed by atoms with Crippen LogP contribution in [0.1, 0.15) is 30.2 Å². The second-order valence-corrected chi connectivity index (χ2v) is 6.34. The van der Waals surface area contributed by atoms with E-state index in [-0.39, 0.29) is 24.5 Å². The van der Waals surface area contributed by atoms with E-state index in [1.165, 1.54) is 0 Å². The lowest BCUT2D eigenvalue weighted by Gasteiger charge is -2.19. The van der Waals surface area contributed by atoms with E-state index in [9.17, 15) is 4.79 Å². The molecule has 2 atom stereocenters. The summed E-state index contributed by atoms with van der Waals surface area (Å²) in [7, 11) is 1.84. The van der Waals surface area contributed by atoms with Crippen molar-refractivity contribution in [1.29, 1.82) is 0 Å². The van der Waals surface area contributed by atoms with Crippen molar-refractivity contribution in [2.24, 2.45) is 5.92 Å². The van der Waals surface area contributed by atoms with Gasteiger partial charge in [0.2, 0.25) is 5.91 Å². The average molecular weight is 307 g/mol. The van der Waals surface area contributed by atoms with Gasteiger partial charge in [-0.25, -0.2) is 0 Å². The van der Waals surface area contributed by atoms with E-state index in [0.717, 1.165) is 16.9 Å². The van der Waals surface area contributed by atoms with Crippen LogP contribution < -0.4 is 0 Å². The largest absolute Gasteiger partial charge is 0.395 e. The molecule has 1 aromatic rings. The van der Waals surface area contributed by atoms with E-state index in [4.69, 9.17) is 9.84 Å². The van der Waals surface area contributed by atoms with E-state index in [1.54, 1.807) is 16.2 Å². The predicted octanol–water partition coefficient (Wildman–Crippen LogP) is 1.87. The van der Waals surface area contributed by atoms with Gasteiger partial charge in [-0.3, -0.25) is 4.79 Å². The first-order valence-electron chi connectivity index (χ1n) is 7.14. The van der Waals surface area contributed by atoms with Gasteiger partial charge in [-0.2, -0.15) is 0 Å². The Kier molecular flexibility index (Phi) is 5.80. The Morgan fingerprint density at radius 2 is 2.43 bits per heavy atom. The summed E-state index contributed by atoms with van der Waals surface area (Å²) in [5, 5.41) is 10.7. The minimum absolute atomic E-state index is 0.00576. The number of hydrogen-bond acceptors (Lipinski definition) is 4. The molecule has 1 saturated heterocycles. The minimum Gasteiger partial charge on any atom is -0.395 e. The van der Waals surface area contributed by atoms with Crippen molar-refractivity contribution in [2.45, 2.75) is 32.4 Å². The zero-order chi connectivity index (χ0) is 15.2. The molecule has 1 fully saturated rings. The molecule has 1 amide bonds. The van der Waals surface area contributed by atoms with Crippen molar-refractivity contribution in [1.82, 2.24) is 4.90 Å². The molecule has 114 valence electrons. The van der Waals surface area contributed by atoms with Crippen LogP contribution in [0.25, 0.3) is 0 Å². The highest BCUT2D eigenvalue weighted by Crippen LogP contribution is 2.22. The zero-order valence-corrected chi connectivity index (χ0v) is 13.3.